The van der Waals surface area contributed by atoms with Gasteiger partial charge in [-0.3, -0.25) is 0 Å². The first-order chi connectivity index (χ1) is 9.89. The Hall–Kier alpha value is -1.46. The Kier molecular flexibility index (Phi) is 4.96. The first-order valence-electron chi connectivity index (χ1n) is 7.11. The summed E-state index contributed by atoms with van der Waals surface area (Å²) in [5.41, 5.74) is 2.32. The zero-order valence-electron chi connectivity index (χ0n) is 13.4. The highest BCUT2D eigenvalue weighted by Gasteiger charge is 2.11. The van der Waals surface area contributed by atoms with Gasteiger partial charge < -0.3 is 10.1 Å². The van der Waals surface area contributed by atoms with E-state index < -0.39 is 0 Å². The maximum Gasteiger partial charge on any atom is 0.147 e. The summed E-state index contributed by atoms with van der Waals surface area (Å²) in [6.07, 6.45) is 0.901. The highest BCUT2D eigenvalue weighted by atomic mass is 32.1. The van der Waals surface area contributed by atoms with E-state index in [4.69, 9.17) is 4.74 Å². The monoisotopic (exact) mass is 305 g/mol. The zero-order chi connectivity index (χ0) is 15.5. The van der Waals surface area contributed by atoms with Crippen molar-refractivity contribution in [2.24, 2.45) is 0 Å². The van der Waals surface area contributed by atoms with Gasteiger partial charge in [-0.15, -0.1) is 10.2 Å². The fourth-order valence-corrected chi connectivity index (χ4v) is 2.80. The molecule has 2 aromatic rings. The molecule has 0 radical (unpaired) electrons. The molecule has 4 nitrogen and oxygen atoms in total. The van der Waals surface area contributed by atoms with Crippen LogP contribution in [0.2, 0.25) is 0 Å². The Labute approximate surface area is 130 Å². The largest absolute Gasteiger partial charge is 0.496 e. The van der Waals surface area contributed by atoms with E-state index in [0.29, 0.717) is 0 Å². The van der Waals surface area contributed by atoms with Crippen LogP contribution in [-0.2, 0) is 6.42 Å². The minimum Gasteiger partial charge on any atom is -0.496 e. The van der Waals surface area contributed by atoms with Crippen LogP contribution in [0.1, 0.15) is 31.3 Å². The number of aryl methyl sites for hydroxylation is 1. The minimum atomic E-state index is 0.137. The Balaban J connectivity index is 2.06. The summed E-state index contributed by atoms with van der Waals surface area (Å²) >= 11 is 1.64. The SMILES string of the molecule is COc1cc(-c2nnc(CCNC(C)(C)C)s2)ccc1C. The summed E-state index contributed by atoms with van der Waals surface area (Å²) in [6, 6.07) is 6.14. The summed E-state index contributed by atoms with van der Waals surface area (Å²) in [6.45, 7) is 9.44. The lowest BCUT2D eigenvalue weighted by molar-refractivity contribution is 0.412. The molecule has 0 aliphatic carbocycles. The summed E-state index contributed by atoms with van der Waals surface area (Å²) < 4.78 is 5.36. The van der Waals surface area contributed by atoms with Gasteiger partial charge in [0, 0.05) is 24.1 Å². The van der Waals surface area contributed by atoms with Gasteiger partial charge in [-0.1, -0.05) is 23.5 Å². The molecule has 0 unspecified atom stereocenters. The average Bonchev–Trinajstić information content (AvgIpc) is 2.86. The molecule has 0 fully saturated rings. The Morgan fingerprint density at radius 2 is 2.00 bits per heavy atom. The van der Waals surface area contributed by atoms with E-state index in [-0.39, 0.29) is 5.54 Å². The van der Waals surface area contributed by atoms with E-state index in [1.165, 1.54) is 0 Å². The molecule has 1 heterocycles. The predicted octanol–water partition coefficient (Wildman–Crippen LogP) is 3.45. The van der Waals surface area contributed by atoms with Crippen molar-refractivity contribution in [3.05, 3.63) is 28.8 Å². The third-order valence-electron chi connectivity index (χ3n) is 3.12. The molecule has 0 bridgehead atoms. The van der Waals surface area contributed by atoms with Crippen molar-refractivity contribution >= 4 is 11.3 Å². The number of hydrogen-bond acceptors (Lipinski definition) is 5. The molecule has 5 heteroatoms. The average molecular weight is 305 g/mol. The van der Waals surface area contributed by atoms with Gasteiger partial charge in [-0.2, -0.15) is 0 Å². The van der Waals surface area contributed by atoms with Gasteiger partial charge in [0.25, 0.3) is 0 Å². The van der Waals surface area contributed by atoms with Crippen LogP contribution in [0.5, 0.6) is 5.75 Å². The topological polar surface area (TPSA) is 47.0 Å². The number of nitrogens with one attached hydrogen (secondary N) is 1. The Morgan fingerprint density at radius 1 is 1.24 bits per heavy atom. The van der Waals surface area contributed by atoms with Gasteiger partial charge in [-0.05, 0) is 39.3 Å². The van der Waals surface area contributed by atoms with Crippen LogP contribution in [0.15, 0.2) is 18.2 Å². The molecule has 21 heavy (non-hydrogen) atoms. The van der Waals surface area contributed by atoms with E-state index in [1.807, 2.05) is 13.0 Å². The van der Waals surface area contributed by atoms with Gasteiger partial charge in [0.1, 0.15) is 15.8 Å². The van der Waals surface area contributed by atoms with Gasteiger partial charge in [0.15, 0.2) is 0 Å². The lowest BCUT2D eigenvalue weighted by atomic mass is 10.1. The lowest BCUT2D eigenvalue weighted by Gasteiger charge is -2.19. The molecular weight excluding hydrogens is 282 g/mol. The second-order valence-corrected chi connectivity index (χ2v) is 7.17. The zero-order valence-corrected chi connectivity index (χ0v) is 14.2. The molecule has 0 atom stereocenters. The van der Waals surface area contributed by atoms with Crippen LogP contribution < -0.4 is 10.1 Å². The maximum atomic E-state index is 5.36. The van der Waals surface area contributed by atoms with Crippen molar-refractivity contribution in [2.45, 2.75) is 39.7 Å². The smallest absolute Gasteiger partial charge is 0.147 e. The Morgan fingerprint density at radius 3 is 2.67 bits per heavy atom. The van der Waals surface area contributed by atoms with Crippen LogP contribution in [0.25, 0.3) is 10.6 Å². The second kappa shape index (κ2) is 6.54. The Bertz CT molecular complexity index is 602. The molecule has 0 saturated carbocycles. The normalized spacial score (nSPS) is 11.7. The quantitative estimate of drug-likeness (QED) is 0.919. The number of methoxy groups -OCH3 is 1. The molecule has 0 saturated heterocycles. The fourth-order valence-electron chi connectivity index (χ4n) is 1.97. The molecule has 1 N–H and O–H groups in total. The van der Waals surface area contributed by atoms with Crippen molar-refractivity contribution < 1.29 is 4.74 Å². The first-order valence-corrected chi connectivity index (χ1v) is 7.93. The third kappa shape index (κ3) is 4.51. The number of rotatable bonds is 5. The highest BCUT2D eigenvalue weighted by Crippen LogP contribution is 2.28. The number of aromatic nitrogens is 2. The van der Waals surface area contributed by atoms with E-state index in [1.54, 1.807) is 18.4 Å². The standard InChI is InChI=1S/C16H23N3OS/c1-11-6-7-12(10-13(11)20-5)15-19-18-14(21-15)8-9-17-16(2,3)4/h6-7,10,17H,8-9H2,1-5H3. The number of nitrogens with zero attached hydrogens (tertiary/aromatic N) is 2. The molecule has 2 rings (SSSR count). The summed E-state index contributed by atoms with van der Waals surface area (Å²) in [5, 5.41) is 14.0. The van der Waals surface area contributed by atoms with Crippen LogP contribution in [0.4, 0.5) is 0 Å². The van der Waals surface area contributed by atoms with Crippen molar-refractivity contribution in [1.29, 1.82) is 0 Å². The molecule has 114 valence electrons. The number of hydrogen-bond donors (Lipinski definition) is 1. The summed E-state index contributed by atoms with van der Waals surface area (Å²) in [5.74, 6) is 0.888. The third-order valence-corrected chi connectivity index (χ3v) is 4.15. The molecule has 0 aliphatic heterocycles. The van der Waals surface area contributed by atoms with E-state index >= 15 is 0 Å². The second-order valence-electron chi connectivity index (χ2n) is 6.11. The van der Waals surface area contributed by atoms with Gasteiger partial charge in [-0.25, -0.2) is 0 Å². The van der Waals surface area contributed by atoms with Crippen molar-refractivity contribution in [2.75, 3.05) is 13.7 Å². The minimum absolute atomic E-state index is 0.137. The molecular formula is C16H23N3OS. The van der Waals surface area contributed by atoms with Crippen LogP contribution in [0.3, 0.4) is 0 Å². The summed E-state index contributed by atoms with van der Waals surface area (Å²) in [4.78, 5) is 0. The van der Waals surface area contributed by atoms with Crippen molar-refractivity contribution in [3.63, 3.8) is 0 Å². The lowest BCUT2D eigenvalue weighted by Crippen LogP contribution is -2.37. The molecule has 1 aromatic carbocycles. The first kappa shape index (κ1) is 15.9. The molecule has 1 aromatic heterocycles. The molecule has 0 aliphatic rings. The van der Waals surface area contributed by atoms with Gasteiger partial charge in [0.2, 0.25) is 0 Å². The van der Waals surface area contributed by atoms with E-state index in [0.717, 1.165) is 39.9 Å². The van der Waals surface area contributed by atoms with Crippen LogP contribution in [0, 0.1) is 6.92 Å². The van der Waals surface area contributed by atoms with E-state index in [9.17, 15) is 0 Å². The maximum absolute atomic E-state index is 5.36. The fraction of sp³-hybridized carbons (Fsp3) is 0.500. The van der Waals surface area contributed by atoms with Crippen LogP contribution in [-0.4, -0.2) is 29.4 Å². The highest BCUT2D eigenvalue weighted by molar-refractivity contribution is 7.14. The number of ether oxygens (including phenoxy) is 1. The number of benzene rings is 1. The predicted molar refractivity (Wildman–Crippen MR) is 88.1 cm³/mol. The molecule has 0 spiro atoms. The van der Waals surface area contributed by atoms with Gasteiger partial charge >= 0.3 is 0 Å². The molecule has 0 amide bonds. The van der Waals surface area contributed by atoms with Gasteiger partial charge in [0.05, 0.1) is 7.11 Å². The van der Waals surface area contributed by atoms with Crippen molar-refractivity contribution in [1.82, 2.24) is 15.5 Å². The van der Waals surface area contributed by atoms with Crippen LogP contribution >= 0.6 is 11.3 Å². The van der Waals surface area contributed by atoms with E-state index in [2.05, 4.69) is 48.4 Å². The summed E-state index contributed by atoms with van der Waals surface area (Å²) in [7, 11) is 1.69. The van der Waals surface area contributed by atoms with Crippen molar-refractivity contribution in [3.8, 4) is 16.3 Å².